The van der Waals surface area contributed by atoms with Crippen LogP contribution in [0.5, 0.6) is 11.5 Å². The minimum atomic E-state index is -4.45. The zero-order valence-corrected chi connectivity index (χ0v) is 12.8. The largest absolute Gasteiger partial charge is 0.507 e. The summed E-state index contributed by atoms with van der Waals surface area (Å²) in [7, 11) is -4.45. The van der Waals surface area contributed by atoms with E-state index < -0.39 is 55.1 Å². The van der Waals surface area contributed by atoms with E-state index in [2.05, 4.69) is 0 Å². The average Bonchev–Trinajstić information content (AvgIpc) is 2.48. The van der Waals surface area contributed by atoms with Crippen LogP contribution in [0.4, 0.5) is 0 Å². The summed E-state index contributed by atoms with van der Waals surface area (Å²) in [5, 5.41) is 37.9. The molecule has 2 rings (SSSR count). The summed E-state index contributed by atoms with van der Waals surface area (Å²) < 4.78 is 25.1. The van der Waals surface area contributed by atoms with Gasteiger partial charge in [-0.2, -0.15) is 0 Å². The maximum atomic E-state index is 12.5. The van der Waals surface area contributed by atoms with E-state index in [4.69, 9.17) is 10.2 Å². The number of hydrogen-bond donors (Lipinski definition) is 4. The summed E-state index contributed by atoms with van der Waals surface area (Å²) in [5.41, 5.74) is -1.69. The molecule has 0 saturated heterocycles. The van der Waals surface area contributed by atoms with Gasteiger partial charge < -0.3 is 20.4 Å². The molecule has 0 aliphatic heterocycles. The van der Waals surface area contributed by atoms with Crippen LogP contribution in [-0.2, 0) is 15.6 Å². The molecule has 0 unspecified atom stereocenters. The van der Waals surface area contributed by atoms with Gasteiger partial charge in [0, 0.05) is 0 Å². The van der Waals surface area contributed by atoms with Crippen LogP contribution in [0.15, 0.2) is 41.3 Å². The van der Waals surface area contributed by atoms with Crippen molar-refractivity contribution in [3.63, 3.8) is 0 Å². The third kappa shape index (κ3) is 3.15. The van der Waals surface area contributed by atoms with Crippen molar-refractivity contribution in [2.45, 2.75) is 10.6 Å². The third-order valence-electron chi connectivity index (χ3n) is 3.19. The van der Waals surface area contributed by atoms with Crippen molar-refractivity contribution in [3.05, 3.63) is 53.1 Å². The maximum absolute atomic E-state index is 12.5. The standard InChI is InChI=1S/C15H12O8S/c16-10-6-9(14(18)19)12(17)13(11(10)15(20)21)24(22,23)7-8-4-2-1-3-5-8/h1-6,16-17H,7H2,(H,18,19)(H,20,21). The number of carboxylic acid groups (broad SMARTS) is 2. The molecule has 8 nitrogen and oxygen atoms in total. The second-order valence-electron chi connectivity index (χ2n) is 4.85. The van der Waals surface area contributed by atoms with Crippen LogP contribution in [0.1, 0.15) is 26.3 Å². The van der Waals surface area contributed by atoms with E-state index in [1.807, 2.05) is 0 Å². The zero-order valence-electron chi connectivity index (χ0n) is 12.0. The van der Waals surface area contributed by atoms with E-state index in [0.717, 1.165) is 0 Å². The summed E-state index contributed by atoms with van der Waals surface area (Å²) in [6.45, 7) is 0. The van der Waals surface area contributed by atoms with Crippen LogP contribution in [-0.4, -0.2) is 40.8 Å². The highest BCUT2D eigenvalue weighted by atomic mass is 32.2. The molecule has 0 atom stereocenters. The smallest absolute Gasteiger partial charge is 0.340 e. The third-order valence-corrected chi connectivity index (χ3v) is 4.92. The first-order chi connectivity index (χ1) is 11.1. The van der Waals surface area contributed by atoms with Gasteiger partial charge in [0.15, 0.2) is 9.84 Å². The van der Waals surface area contributed by atoms with Gasteiger partial charge in [0.05, 0.1) is 5.75 Å². The number of aromatic carboxylic acids is 2. The minimum Gasteiger partial charge on any atom is -0.507 e. The molecule has 4 N–H and O–H groups in total. The number of rotatable bonds is 5. The predicted octanol–water partition coefficient (Wildman–Crippen LogP) is 1.47. The summed E-state index contributed by atoms with van der Waals surface area (Å²) in [4.78, 5) is 21.2. The Bertz CT molecular complexity index is 916. The van der Waals surface area contributed by atoms with Gasteiger partial charge in [-0.3, -0.25) is 0 Å². The van der Waals surface area contributed by atoms with Crippen molar-refractivity contribution in [3.8, 4) is 11.5 Å². The van der Waals surface area contributed by atoms with Gasteiger partial charge in [-0.15, -0.1) is 0 Å². The van der Waals surface area contributed by atoms with Gasteiger partial charge in [0.2, 0.25) is 0 Å². The van der Waals surface area contributed by atoms with E-state index in [-0.39, 0.29) is 0 Å². The van der Waals surface area contributed by atoms with Gasteiger partial charge in [-0.25, -0.2) is 18.0 Å². The fourth-order valence-corrected chi connectivity index (χ4v) is 3.86. The van der Waals surface area contributed by atoms with Crippen molar-refractivity contribution in [1.29, 1.82) is 0 Å². The van der Waals surface area contributed by atoms with Crippen LogP contribution >= 0.6 is 0 Å². The lowest BCUT2D eigenvalue weighted by atomic mass is 10.1. The van der Waals surface area contributed by atoms with Crippen molar-refractivity contribution in [2.24, 2.45) is 0 Å². The molecular weight excluding hydrogens is 340 g/mol. The van der Waals surface area contributed by atoms with Crippen molar-refractivity contribution < 1.29 is 38.4 Å². The Morgan fingerprint density at radius 3 is 2.04 bits per heavy atom. The SMILES string of the molecule is O=C(O)c1cc(O)c(C(=O)O)c(S(=O)(=O)Cc2ccccc2)c1O. The lowest BCUT2D eigenvalue weighted by Crippen LogP contribution is -2.14. The van der Waals surface area contributed by atoms with E-state index in [9.17, 15) is 28.2 Å². The molecule has 0 aromatic heterocycles. The number of sulfone groups is 1. The maximum Gasteiger partial charge on any atom is 0.340 e. The van der Waals surface area contributed by atoms with E-state index in [1.54, 1.807) is 18.2 Å². The van der Waals surface area contributed by atoms with Crippen LogP contribution in [0.25, 0.3) is 0 Å². The van der Waals surface area contributed by atoms with Crippen LogP contribution in [0.3, 0.4) is 0 Å². The molecule has 2 aromatic rings. The minimum absolute atomic E-state index is 0.299. The number of carboxylic acids is 2. The Morgan fingerprint density at radius 1 is 0.958 bits per heavy atom. The lowest BCUT2D eigenvalue weighted by molar-refractivity contribution is 0.0670. The number of carbonyl (C=O) groups is 2. The highest BCUT2D eigenvalue weighted by Gasteiger charge is 2.33. The van der Waals surface area contributed by atoms with Gasteiger partial charge in [-0.1, -0.05) is 30.3 Å². The number of hydrogen-bond acceptors (Lipinski definition) is 6. The highest BCUT2D eigenvalue weighted by molar-refractivity contribution is 7.90. The first-order valence-electron chi connectivity index (χ1n) is 6.47. The molecule has 0 bridgehead atoms. The topological polar surface area (TPSA) is 149 Å². The fraction of sp³-hybridized carbons (Fsp3) is 0.0667. The Balaban J connectivity index is 2.75. The van der Waals surface area contributed by atoms with Gasteiger partial charge in [-0.05, 0) is 11.6 Å². The number of phenols is 2. The zero-order chi connectivity index (χ0) is 18.1. The van der Waals surface area contributed by atoms with Gasteiger partial charge in [0.1, 0.15) is 27.5 Å². The lowest BCUT2D eigenvalue weighted by Gasteiger charge is -2.13. The monoisotopic (exact) mass is 352 g/mol. The molecule has 9 heteroatoms. The van der Waals surface area contributed by atoms with E-state index in [1.165, 1.54) is 12.1 Å². The van der Waals surface area contributed by atoms with Gasteiger partial charge in [0.25, 0.3) is 0 Å². The Kier molecular flexibility index (Phi) is 4.47. The molecule has 0 fully saturated rings. The molecule has 24 heavy (non-hydrogen) atoms. The van der Waals surface area contributed by atoms with Crippen molar-refractivity contribution in [2.75, 3.05) is 0 Å². The molecule has 2 aromatic carbocycles. The van der Waals surface area contributed by atoms with Crippen LogP contribution in [0, 0.1) is 0 Å². The Hall–Kier alpha value is -3.07. The van der Waals surface area contributed by atoms with E-state index >= 15 is 0 Å². The molecular formula is C15H12O8S. The average molecular weight is 352 g/mol. The summed E-state index contributed by atoms with van der Waals surface area (Å²) >= 11 is 0. The molecule has 0 amide bonds. The highest BCUT2D eigenvalue weighted by Crippen LogP contribution is 2.38. The first-order valence-corrected chi connectivity index (χ1v) is 8.12. The molecule has 0 radical (unpaired) electrons. The second kappa shape index (κ2) is 6.20. The summed E-state index contributed by atoms with van der Waals surface area (Å²) in [6.07, 6.45) is 0. The van der Waals surface area contributed by atoms with Crippen LogP contribution in [0.2, 0.25) is 0 Å². The number of aromatic hydroxyl groups is 2. The van der Waals surface area contributed by atoms with Crippen molar-refractivity contribution >= 4 is 21.8 Å². The molecule has 126 valence electrons. The van der Waals surface area contributed by atoms with Gasteiger partial charge >= 0.3 is 11.9 Å². The first kappa shape index (κ1) is 17.3. The number of benzene rings is 2. The summed E-state index contributed by atoms with van der Waals surface area (Å²) in [5.74, 6) is -6.50. The molecule has 0 aliphatic rings. The quantitative estimate of drug-likeness (QED) is 0.591. The second-order valence-corrected chi connectivity index (χ2v) is 6.78. The summed E-state index contributed by atoms with van der Waals surface area (Å²) in [6, 6.07) is 8.20. The van der Waals surface area contributed by atoms with E-state index in [0.29, 0.717) is 11.6 Å². The molecule has 0 aliphatic carbocycles. The predicted molar refractivity (Wildman–Crippen MR) is 81.0 cm³/mol. The van der Waals surface area contributed by atoms with Crippen LogP contribution < -0.4 is 0 Å². The molecule has 0 heterocycles. The normalized spacial score (nSPS) is 11.2. The Labute approximate surface area is 136 Å². The van der Waals surface area contributed by atoms with Crippen molar-refractivity contribution in [1.82, 2.24) is 0 Å². The molecule has 0 spiro atoms. The fourth-order valence-electron chi connectivity index (χ4n) is 2.17. The Morgan fingerprint density at radius 2 is 1.54 bits per heavy atom. The molecule has 0 saturated carbocycles.